The molecule has 0 bridgehead atoms. The van der Waals surface area contributed by atoms with E-state index in [0.717, 1.165) is 18.9 Å². The van der Waals surface area contributed by atoms with E-state index in [4.69, 9.17) is 0 Å². The molecule has 0 heterocycles. The lowest BCUT2D eigenvalue weighted by Crippen LogP contribution is -1.96. The number of hydrogen-bond donors (Lipinski definition) is 0. The van der Waals surface area contributed by atoms with E-state index in [9.17, 15) is 0 Å². The molecule has 2 rings (SSSR count). The number of hydrogen-bond acceptors (Lipinski definition) is 2. The first-order chi connectivity index (χ1) is 11.6. The average molecular weight is 340 g/mol. The molecule has 0 saturated carbocycles. The highest BCUT2D eigenvalue weighted by molar-refractivity contribution is 7.99. The summed E-state index contributed by atoms with van der Waals surface area (Å²) in [4.78, 5) is 5.94. The highest BCUT2D eigenvalue weighted by atomic mass is 32.2. The quantitative estimate of drug-likeness (QED) is 0.378. The minimum Gasteiger partial charge on any atom is -0.293 e. The SMILES string of the molecule is CC(C)CCSc1ccc(C(C)CCN=Cc2ccccc2)cc1. The van der Waals surface area contributed by atoms with Gasteiger partial charge < -0.3 is 0 Å². The van der Waals surface area contributed by atoms with Gasteiger partial charge in [-0.15, -0.1) is 11.8 Å². The first-order valence-electron chi connectivity index (χ1n) is 8.93. The fourth-order valence-electron chi connectivity index (χ4n) is 2.45. The molecule has 1 nitrogen and oxygen atoms in total. The number of nitrogens with zero attached hydrogens (tertiary/aromatic N) is 1. The van der Waals surface area contributed by atoms with Crippen LogP contribution in [0.1, 0.15) is 50.7 Å². The van der Waals surface area contributed by atoms with Crippen molar-refractivity contribution in [3.63, 3.8) is 0 Å². The average Bonchev–Trinajstić information content (AvgIpc) is 2.60. The van der Waals surface area contributed by atoms with Gasteiger partial charge in [-0.25, -0.2) is 0 Å². The largest absolute Gasteiger partial charge is 0.293 e. The Kier molecular flexibility index (Phi) is 8.11. The van der Waals surface area contributed by atoms with E-state index in [2.05, 4.69) is 62.2 Å². The molecule has 2 aromatic rings. The highest BCUT2D eigenvalue weighted by Gasteiger charge is 2.05. The van der Waals surface area contributed by atoms with Crippen molar-refractivity contribution < 1.29 is 0 Å². The molecule has 0 aliphatic rings. The van der Waals surface area contributed by atoms with Crippen molar-refractivity contribution in [2.45, 2.75) is 44.4 Å². The molecule has 2 heteroatoms. The number of benzene rings is 2. The molecule has 0 saturated heterocycles. The Morgan fingerprint density at radius 2 is 1.62 bits per heavy atom. The molecule has 0 radical (unpaired) electrons. The Morgan fingerprint density at radius 3 is 2.29 bits per heavy atom. The van der Waals surface area contributed by atoms with E-state index < -0.39 is 0 Å². The van der Waals surface area contributed by atoms with Gasteiger partial charge in [0, 0.05) is 17.7 Å². The van der Waals surface area contributed by atoms with Crippen molar-refractivity contribution in [2.75, 3.05) is 12.3 Å². The molecule has 2 aromatic carbocycles. The number of thioether (sulfide) groups is 1. The van der Waals surface area contributed by atoms with E-state index >= 15 is 0 Å². The van der Waals surface area contributed by atoms with Crippen LogP contribution in [0.5, 0.6) is 0 Å². The van der Waals surface area contributed by atoms with Crippen LogP contribution in [0.4, 0.5) is 0 Å². The topological polar surface area (TPSA) is 12.4 Å². The Morgan fingerprint density at radius 1 is 0.917 bits per heavy atom. The first kappa shape index (κ1) is 18.8. The monoisotopic (exact) mass is 339 g/mol. The molecule has 128 valence electrons. The summed E-state index contributed by atoms with van der Waals surface area (Å²) in [7, 11) is 0. The molecule has 1 atom stereocenters. The van der Waals surface area contributed by atoms with E-state index in [-0.39, 0.29) is 0 Å². The molecule has 1 unspecified atom stereocenters. The van der Waals surface area contributed by atoms with Crippen LogP contribution in [0, 0.1) is 5.92 Å². The van der Waals surface area contributed by atoms with Crippen molar-refractivity contribution in [1.29, 1.82) is 0 Å². The van der Waals surface area contributed by atoms with E-state index in [1.54, 1.807) is 0 Å². The molecular formula is C22H29NS. The van der Waals surface area contributed by atoms with Gasteiger partial charge in [0.15, 0.2) is 0 Å². The van der Waals surface area contributed by atoms with Gasteiger partial charge in [-0.2, -0.15) is 0 Å². The zero-order valence-corrected chi connectivity index (χ0v) is 15.9. The van der Waals surface area contributed by atoms with Gasteiger partial charge in [-0.1, -0.05) is 63.2 Å². The van der Waals surface area contributed by atoms with Gasteiger partial charge in [-0.05, 0) is 53.7 Å². The van der Waals surface area contributed by atoms with Crippen LogP contribution in [-0.4, -0.2) is 18.5 Å². The molecule has 0 aromatic heterocycles. The van der Waals surface area contributed by atoms with Crippen LogP contribution in [0.25, 0.3) is 0 Å². The summed E-state index contributed by atoms with van der Waals surface area (Å²) in [6.45, 7) is 7.73. The van der Waals surface area contributed by atoms with Crippen LogP contribution < -0.4 is 0 Å². The summed E-state index contributed by atoms with van der Waals surface area (Å²) >= 11 is 1.96. The van der Waals surface area contributed by atoms with E-state index in [1.165, 1.54) is 28.2 Å². The Hall–Kier alpha value is -1.54. The Labute approximate surface area is 151 Å². The first-order valence-corrected chi connectivity index (χ1v) is 9.91. The van der Waals surface area contributed by atoms with Crippen molar-refractivity contribution in [3.05, 3.63) is 65.7 Å². The fraction of sp³-hybridized carbons (Fsp3) is 0.409. The molecule has 0 amide bonds. The number of aliphatic imine (C=N–C) groups is 1. The van der Waals surface area contributed by atoms with Gasteiger partial charge in [0.25, 0.3) is 0 Å². The van der Waals surface area contributed by atoms with Crippen LogP contribution in [0.3, 0.4) is 0 Å². The zero-order chi connectivity index (χ0) is 17.2. The van der Waals surface area contributed by atoms with Gasteiger partial charge in [0.05, 0.1) is 0 Å². The molecule has 0 spiro atoms. The smallest absolute Gasteiger partial charge is 0.0395 e. The van der Waals surface area contributed by atoms with Gasteiger partial charge in [0.1, 0.15) is 0 Å². The predicted molar refractivity (Wildman–Crippen MR) is 109 cm³/mol. The third kappa shape index (κ3) is 6.92. The molecule has 0 aliphatic carbocycles. The van der Waals surface area contributed by atoms with Crippen LogP contribution >= 0.6 is 11.8 Å². The van der Waals surface area contributed by atoms with Crippen molar-refractivity contribution in [3.8, 4) is 0 Å². The molecule has 0 N–H and O–H groups in total. The van der Waals surface area contributed by atoms with Gasteiger partial charge >= 0.3 is 0 Å². The summed E-state index contributed by atoms with van der Waals surface area (Å²) in [6, 6.07) is 19.4. The summed E-state index contributed by atoms with van der Waals surface area (Å²) in [5.41, 5.74) is 2.59. The lowest BCUT2D eigenvalue weighted by molar-refractivity contribution is 0.632. The van der Waals surface area contributed by atoms with Crippen LogP contribution in [-0.2, 0) is 0 Å². The van der Waals surface area contributed by atoms with E-state index in [0.29, 0.717) is 5.92 Å². The lowest BCUT2D eigenvalue weighted by atomic mass is 9.98. The minimum absolute atomic E-state index is 0.549. The molecule has 0 aliphatic heterocycles. The molecular weight excluding hydrogens is 310 g/mol. The second-order valence-corrected chi connectivity index (χ2v) is 7.90. The van der Waals surface area contributed by atoms with Gasteiger partial charge in [-0.3, -0.25) is 4.99 Å². The molecule has 24 heavy (non-hydrogen) atoms. The predicted octanol–water partition coefficient (Wildman–Crippen LogP) is 6.44. The Balaban J connectivity index is 1.75. The maximum absolute atomic E-state index is 4.55. The van der Waals surface area contributed by atoms with Crippen LogP contribution in [0.15, 0.2) is 64.5 Å². The fourth-order valence-corrected chi connectivity index (χ4v) is 3.60. The standard InChI is InChI=1S/C22H29NS/c1-18(2)14-16-24-22-11-9-21(10-12-22)19(3)13-15-23-17-20-7-5-4-6-8-20/h4-12,17-19H,13-16H2,1-3H3. The van der Waals surface area contributed by atoms with Gasteiger partial charge in [0.2, 0.25) is 0 Å². The second-order valence-electron chi connectivity index (χ2n) is 6.74. The Bertz CT molecular complexity index is 602. The lowest BCUT2D eigenvalue weighted by Gasteiger charge is -2.11. The summed E-state index contributed by atoms with van der Waals surface area (Å²) < 4.78 is 0. The summed E-state index contributed by atoms with van der Waals surface area (Å²) in [5.74, 6) is 2.54. The highest BCUT2D eigenvalue weighted by Crippen LogP contribution is 2.25. The zero-order valence-electron chi connectivity index (χ0n) is 15.1. The summed E-state index contributed by atoms with van der Waals surface area (Å²) in [5, 5.41) is 0. The van der Waals surface area contributed by atoms with Crippen molar-refractivity contribution in [2.24, 2.45) is 10.9 Å². The van der Waals surface area contributed by atoms with Crippen molar-refractivity contribution in [1.82, 2.24) is 0 Å². The van der Waals surface area contributed by atoms with Crippen LogP contribution in [0.2, 0.25) is 0 Å². The third-order valence-electron chi connectivity index (χ3n) is 4.14. The van der Waals surface area contributed by atoms with E-state index in [1.807, 2.05) is 36.2 Å². The second kappa shape index (κ2) is 10.4. The third-order valence-corrected chi connectivity index (χ3v) is 5.19. The summed E-state index contributed by atoms with van der Waals surface area (Å²) in [6.07, 6.45) is 4.34. The molecule has 0 fully saturated rings. The number of rotatable bonds is 9. The normalized spacial score (nSPS) is 12.8. The maximum Gasteiger partial charge on any atom is 0.0395 e. The van der Waals surface area contributed by atoms with Crippen molar-refractivity contribution >= 4 is 18.0 Å². The minimum atomic E-state index is 0.549. The maximum atomic E-state index is 4.55.